The van der Waals surface area contributed by atoms with Crippen molar-refractivity contribution >= 4 is 15.9 Å². The third kappa shape index (κ3) is 4.90. The predicted molar refractivity (Wildman–Crippen MR) is 86.5 cm³/mol. The van der Waals surface area contributed by atoms with Crippen LogP contribution in [0.4, 0.5) is 0 Å². The van der Waals surface area contributed by atoms with Crippen LogP contribution in [0.25, 0.3) is 0 Å². The van der Waals surface area contributed by atoms with Gasteiger partial charge in [0.05, 0.1) is 11.2 Å². The highest BCUT2D eigenvalue weighted by Crippen LogP contribution is 2.10. The molecule has 1 aromatic heterocycles. The number of carbonyl (C=O) groups excluding carboxylic acids is 1. The molecule has 8 heteroatoms. The maximum absolute atomic E-state index is 12.0. The second-order valence-electron chi connectivity index (χ2n) is 4.94. The fourth-order valence-electron chi connectivity index (χ4n) is 2.04. The van der Waals surface area contributed by atoms with Crippen molar-refractivity contribution in [2.75, 3.05) is 13.1 Å². The topological polar surface area (TPSA) is 93.1 Å². The van der Waals surface area contributed by atoms with Gasteiger partial charge in [0, 0.05) is 37.6 Å². The molecule has 23 heavy (non-hydrogen) atoms. The van der Waals surface area contributed by atoms with E-state index in [1.807, 2.05) is 10.8 Å². The summed E-state index contributed by atoms with van der Waals surface area (Å²) in [6.45, 7) is 3.35. The van der Waals surface area contributed by atoms with E-state index in [1.54, 1.807) is 19.4 Å². The van der Waals surface area contributed by atoms with Crippen LogP contribution in [0.5, 0.6) is 0 Å². The second kappa shape index (κ2) is 7.89. The monoisotopic (exact) mass is 336 g/mol. The summed E-state index contributed by atoms with van der Waals surface area (Å²) in [4.78, 5) is 16.1. The maximum atomic E-state index is 12.0. The van der Waals surface area contributed by atoms with Gasteiger partial charge >= 0.3 is 0 Å². The van der Waals surface area contributed by atoms with Crippen LogP contribution in [0.2, 0.25) is 0 Å². The molecule has 124 valence electrons. The largest absolute Gasteiger partial charge is 0.352 e. The Hall–Kier alpha value is -2.19. The Kier molecular flexibility index (Phi) is 5.89. The van der Waals surface area contributed by atoms with E-state index >= 15 is 0 Å². The molecule has 0 atom stereocenters. The van der Waals surface area contributed by atoms with Crippen LogP contribution in [-0.4, -0.2) is 37.0 Å². The number of carbonyl (C=O) groups is 1. The molecular formula is C15H20N4O3S. The zero-order chi connectivity index (χ0) is 16.7. The third-order valence-corrected chi connectivity index (χ3v) is 4.76. The van der Waals surface area contributed by atoms with Gasteiger partial charge in [-0.1, -0.05) is 6.92 Å². The van der Waals surface area contributed by atoms with E-state index < -0.39 is 10.0 Å². The number of amides is 1. The van der Waals surface area contributed by atoms with Crippen molar-refractivity contribution in [1.82, 2.24) is 19.6 Å². The van der Waals surface area contributed by atoms with Gasteiger partial charge in [0.2, 0.25) is 10.0 Å². The van der Waals surface area contributed by atoms with Gasteiger partial charge in [-0.3, -0.25) is 4.79 Å². The SMILES string of the molecule is CCNS(=O)(=O)c1ccc(C(=O)NCCCn2ccnc2)cc1. The van der Waals surface area contributed by atoms with Crippen molar-refractivity contribution in [2.45, 2.75) is 24.8 Å². The Morgan fingerprint density at radius 3 is 2.61 bits per heavy atom. The quantitative estimate of drug-likeness (QED) is 0.703. The van der Waals surface area contributed by atoms with Gasteiger partial charge in [-0.2, -0.15) is 0 Å². The fraction of sp³-hybridized carbons (Fsp3) is 0.333. The number of rotatable bonds is 8. The van der Waals surface area contributed by atoms with Gasteiger partial charge in [0.1, 0.15) is 0 Å². The molecule has 1 amide bonds. The molecule has 0 unspecified atom stereocenters. The Morgan fingerprint density at radius 1 is 1.26 bits per heavy atom. The summed E-state index contributed by atoms with van der Waals surface area (Å²) < 4.78 is 28.0. The number of aryl methyl sites for hydroxylation is 1. The molecule has 1 heterocycles. The van der Waals surface area contributed by atoms with Crippen molar-refractivity contribution in [2.24, 2.45) is 0 Å². The zero-order valence-electron chi connectivity index (χ0n) is 12.9. The lowest BCUT2D eigenvalue weighted by Gasteiger charge is -2.07. The van der Waals surface area contributed by atoms with E-state index in [0.717, 1.165) is 13.0 Å². The van der Waals surface area contributed by atoms with Crippen molar-refractivity contribution < 1.29 is 13.2 Å². The molecule has 0 aliphatic carbocycles. The van der Waals surface area contributed by atoms with Gasteiger partial charge in [-0.05, 0) is 30.7 Å². The standard InChI is InChI=1S/C15H20N4O3S/c1-2-18-23(21,22)14-6-4-13(5-7-14)15(20)17-8-3-10-19-11-9-16-12-19/h4-7,9,11-12,18H,2-3,8,10H2,1H3,(H,17,20). The van der Waals surface area contributed by atoms with Crippen molar-refractivity contribution in [1.29, 1.82) is 0 Å². The maximum Gasteiger partial charge on any atom is 0.251 e. The molecule has 0 radical (unpaired) electrons. The molecule has 0 saturated heterocycles. The molecule has 0 fully saturated rings. The average Bonchev–Trinajstić information content (AvgIpc) is 3.05. The van der Waals surface area contributed by atoms with Crippen molar-refractivity contribution in [3.8, 4) is 0 Å². The fourth-order valence-corrected chi connectivity index (χ4v) is 3.08. The van der Waals surface area contributed by atoms with Crippen LogP contribution < -0.4 is 10.0 Å². The Balaban J connectivity index is 1.85. The minimum Gasteiger partial charge on any atom is -0.352 e. The van der Waals surface area contributed by atoms with E-state index in [2.05, 4.69) is 15.0 Å². The predicted octanol–water partition coefficient (Wildman–Crippen LogP) is 1.00. The van der Waals surface area contributed by atoms with E-state index in [4.69, 9.17) is 0 Å². The molecule has 0 saturated carbocycles. The third-order valence-electron chi connectivity index (χ3n) is 3.20. The van der Waals surface area contributed by atoms with Crippen LogP contribution in [0.3, 0.4) is 0 Å². The molecule has 7 nitrogen and oxygen atoms in total. The smallest absolute Gasteiger partial charge is 0.251 e. The van der Waals surface area contributed by atoms with Gasteiger partial charge in [0.15, 0.2) is 0 Å². The Labute approximate surface area is 135 Å². The number of sulfonamides is 1. The van der Waals surface area contributed by atoms with Gasteiger partial charge < -0.3 is 9.88 Å². The Bertz CT molecular complexity index is 725. The first kappa shape index (κ1) is 17.2. The normalized spacial score (nSPS) is 11.3. The second-order valence-corrected chi connectivity index (χ2v) is 6.70. The molecular weight excluding hydrogens is 316 g/mol. The number of aromatic nitrogens is 2. The highest BCUT2D eigenvalue weighted by atomic mass is 32.2. The van der Waals surface area contributed by atoms with E-state index in [1.165, 1.54) is 24.3 Å². The van der Waals surface area contributed by atoms with Crippen molar-refractivity contribution in [3.63, 3.8) is 0 Å². The van der Waals surface area contributed by atoms with E-state index in [-0.39, 0.29) is 10.8 Å². The van der Waals surface area contributed by atoms with Gasteiger partial charge in [-0.15, -0.1) is 0 Å². The average molecular weight is 336 g/mol. The molecule has 0 spiro atoms. The summed E-state index contributed by atoms with van der Waals surface area (Å²) in [5.41, 5.74) is 0.433. The highest BCUT2D eigenvalue weighted by Gasteiger charge is 2.13. The number of imidazole rings is 1. The summed E-state index contributed by atoms with van der Waals surface area (Å²) >= 11 is 0. The summed E-state index contributed by atoms with van der Waals surface area (Å²) in [5.74, 6) is -0.219. The summed E-state index contributed by atoms with van der Waals surface area (Å²) in [5, 5.41) is 2.81. The molecule has 0 aliphatic heterocycles. The zero-order valence-corrected chi connectivity index (χ0v) is 13.7. The number of benzene rings is 1. The van der Waals surface area contributed by atoms with Gasteiger partial charge in [0.25, 0.3) is 5.91 Å². The number of hydrogen-bond donors (Lipinski definition) is 2. The van der Waals surface area contributed by atoms with E-state index in [0.29, 0.717) is 18.7 Å². The van der Waals surface area contributed by atoms with Crippen LogP contribution in [0, 0.1) is 0 Å². The van der Waals surface area contributed by atoms with E-state index in [9.17, 15) is 13.2 Å². The first-order valence-corrected chi connectivity index (χ1v) is 8.85. The Morgan fingerprint density at radius 2 is 2.00 bits per heavy atom. The number of nitrogens with one attached hydrogen (secondary N) is 2. The minimum atomic E-state index is -3.49. The van der Waals surface area contributed by atoms with Crippen LogP contribution >= 0.6 is 0 Å². The lowest BCUT2D eigenvalue weighted by atomic mass is 10.2. The van der Waals surface area contributed by atoms with Crippen LogP contribution in [0.15, 0.2) is 47.9 Å². The molecule has 2 N–H and O–H groups in total. The molecule has 2 aromatic rings. The molecule has 1 aromatic carbocycles. The number of hydrogen-bond acceptors (Lipinski definition) is 4. The lowest BCUT2D eigenvalue weighted by Crippen LogP contribution is -2.26. The molecule has 2 rings (SSSR count). The van der Waals surface area contributed by atoms with Crippen LogP contribution in [0.1, 0.15) is 23.7 Å². The summed E-state index contributed by atoms with van der Waals surface area (Å²) in [6, 6.07) is 5.88. The van der Waals surface area contributed by atoms with Crippen molar-refractivity contribution in [3.05, 3.63) is 48.5 Å². The lowest BCUT2D eigenvalue weighted by molar-refractivity contribution is 0.0952. The summed E-state index contributed by atoms with van der Waals surface area (Å²) in [7, 11) is -3.49. The summed E-state index contributed by atoms with van der Waals surface area (Å²) in [6.07, 6.45) is 6.09. The van der Waals surface area contributed by atoms with Crippen LogP contribution in [-0.2, 0) is 16.6 Å². The first-order chi connectivity index (χ1) is 11.0. The molecule has 0 bridgehead atoms. The highest BCUT2D eigenvalue weighted by molar-refractivity contribution is 7.89. The number of nitrogens with zero attached hydrogens (tertiary/aromatic N) is 2. The van der Waals surface area contributed by atoms with Gasteiger partial charge in [-0.25, -0.2) is 18.1 Å². The first-order valence-electron chi connectivity index (χ1n) is 7.36. The minimum absolute atomic E-state index is 0.149. The molecule has 0 aliphatic rings.